The van der Waals surface area contributed by atoms with Gasteiger partial charge in [0.1, 0.15) is 10.5 Å². The molecule has 2 aromatic carbocycles. The second kappa shape index (κ2) is 14.1. The topological polar surface area (TPSA) is 140 Å². The number of piperidine rings is 2. The number of fused-ring (bicyclic) bond motifs is 1. The fourth-order valence-electron chi connectivity index (χ4n) is 7.67. The minimum atomic E-state index is -0.624. The SMILES string of the molecule is CN1C[C@H](Nc2cnn(C)c(=O)c2Br)C[C@H](c2ccc(C(=O)N3CCN(Cc4ccc5c(c4)CN(C4CCC(=O)NC4=O)C5=O)CC3)cc2)C1. The summed E-state index contributed by atoms with van der Waals surface area (Å²) < 4.78 is 1.78. The number of anilines is 1. The Morgan fingerprint density at radius 3 is 2.50 bits per heavy atom. The van der Waals surface area contributed by atoms with Crippen LogP contribution in [0.2, 0.25) is 0 Å². The number of likely N-dealkylation sites (N-methyl/N-ethyl adjacent to an activating group) is 1. The van der Waals surface area contributed by atoms with Crippen molar-refractivity contribution >= 4 is 45.2 Å². The van der Waals surface area contributed by atoms with Crippen LogP contribution in [0.15, 0.2) is 57.9 Å². The van der Waals surface area contributed by atoms with E-state index in [1.165, 1.54) is 10.2 Å². The summed E-state index contributed by atoms with van der Waals surface area (Å²) in [6.07, 6.45) is 3.14. The highest BCUT2D eigenvalue weighted by molar-refractivity contribution is 9.10. The number of benzene rings is 2. The zero-order chi connectivity index (χ0) is 35.1. The number of piperazine rings is 1. The average molecular weight is 746 g/mol. The van der Waals surface area contributed by atoms with E-state index < -0.39 is 11.9 Å². The van der Waals surface area contributed by atoms with Crippen molar-refractivity contribution in [3.63, 3.8) is 0 Å². The maximum Gasteiger partial charge on any atom is 0.282 e. The number of hydrogen-bond acceptors (Lipinski definition) is 9. The Kier molecular flexibility index (Phi) is 9.59. The van der Waals surface area contributed by atoms with Gasteiger partial charge in [-0.1, -0.05) is 24.3 Å². The fraction of sp³-hybridized carbons (Fsp3) is 0.444. The minimum absolute atomic E-state index is 0.0316. The van der Waals surface area contributed by atoms with E-state index in [-0.39, 0.29) is 41.7 Å². The number of nitrogens with one attached hydrogen (secondary N) is 2. The van der Waals surface area contributed by atoms with E-state index in [0.717, 1.165) is 43.7 Å². The van der Waals surface area contributed by atoms with Gasteiger partial charge in [-0.2, -0.15) is 5.10 Å². The first kappa shape index (κ1) is 34.1. The summed E-state index contributed by atoms with van der Waals surface area (Å²) in [6, 6.07) is 13.4. The van der Waals surface area contributed by atoms with Crippen molar-refractivity contribution < 1.29 is 19.2 Å². The van der Waals surface area contributed by atoms with E-state index in [9.17, 15) is 24.0 Å². The molecule has 1 aromatic heterocycles. The maximum atomic E-state index is 13.5. The lowest BCUT2D eigenvalue weighted by Gasteiger charge is -2.37. The first-order chi connectivity index (χ1) is 24.0. The van der Waals surface area contributed by atoms with Crippen LogP contribution in [0.3, 0.4) is 0 Å². The number of nitrogens with zero attached hydrogens (tertiary/aromatic N) is 6. The fourth-order valence-corrected chi connectivity index (χ4v) is 8.14. The van der Waals surface area contributed by atoms with Gasteiger partial charge in [-0.25, -0.2) is 4.68 Å². The molecule has 3 atom stereocenters. The molecule has 4 aliphatic rings. The summed E-state index contributed by atoms with van der Waals surface area (Å²) in [6.45, 7) is 5.54. The summed E-state index contributed by atoms with van der Waals surface area (Å²) in [5.74, 6) is -0.567. The van der Waals surface area contributed by atoms with E-state index in [0.29, 0.717) is 53.9 Å². The van der Waals surface area contributed by atoms with E-state index >= 15 is 0 Å². The van der Waals surface area contributed by atoms with Crippen LogP contribution >= 0.6 is 15.9 Å². The van der Waals surface area contributed by atoms with E-state index in [4.69, 9.17) is 0 Å². The molecule has 4 aliphatic heterocycles. The molecule has 1 unspecified atom stereocenters. The van der Waals surface area contributed by atoms with Crippen molar-refractivity contribution in [3.05, 3.63) is 91.3 Å². The molecule has 3 saturated heterocycles. The van der Waals surface area contributed by atoms with Crippen LogP contribution in [0.4, 0.5) is 5.69 Å². The Balaban J connectivity index is 0.916. The van der Waals surface area contributed by atoms with Gasteiger partial charge in [0.05, 0.1) is 11.9 Å². The minimum Gasteiger partial charge on any atom is -0.379 e. The molecule has 14 heteroatoms. The van der Waals surface area contributed by atoms with Crippen LogP contribution in [-0.2, 0) is 29.7 Å². The van der Waals surface area contributed by atoms with Gasteiger partial charge in [0.2, 0.25) is 11.8 Å². The molecule has 3 aromatic rings. The molecule has 0 radical (unpaired) electrons. The molecule has 13 nitrogen and oxygen atoms in total. The smallest absolute Gasteiger partial charge is 0.282 e. The summed E-state index contributed by atoms with van der Waals surface area (Å²) in [4.78, 5) is 70.9. The van der Waals surface area contributed by atoms with Gasteiger partial charge in [-0.15, -0.1) is 0 Å². The number of amides is 4. The second-order valence-corrected chi connectivity index (χ2v) is 14.7. The number of imide groups is 1. The quantitative estimate of drug-likeness (QED) is 0.349. The molecule has 5 heterocycles. The third-order valence-corrected chi connectivity index (χ3v) is 11.1. The number of halogens is 1. The standard InChI is InChI=1S/C36H41BrN8O5/c1-41-19-25(16-27(21-41)39-29-17-38-42(2)36(50)32(29)37)23-4-6-24(7-5-23)34(48)44-13-11-43(12-14-44)18-22-3-8-28-26(15-22)20-45(35(28)49)30-9-10-31(46)40-33(30)47/h3-8,15,17,25,27,30,39H,9-14,16,18-21H2,1-2H3,(H,40,46,47)/t25-,27+,30?/m0/s1. The summed E-state index contributed by atoms with van der Waals surface area (Å²) in [5, 5.41) is 10.0. The predicted octanol–water partition coefficient (Wildman–Crippen LogP) is 2.16. The number of carbonyl (C=O) groups is 4. The van der Waals surface area contributed by atoms with Gasteiger partial charge in [0, 0.05) is 83.0 Å². The zero-order valence-electron chi connectivity index (χ0n) is 28.2. The van der Waals surface area contributed by atoms with Gasteiger partial charge < -0.3 is 20.0 Å². The van der Waals surface area contributed by atoms with E-state index in [2.05, 4.69) is 60.6 Å². The number of hydrogen-bond donors (Lipinski definition) is 2. The molecular weight excluding hydrogens is 704 g/mol. The molecule has 7 rings (SSSR count). The predicted molar refractivity (Wildman–Crippen MR) is 190 cm³/mol. The highest BCUT2D eigenvalue weighted by Gasteiger charge is 2.39. The van der Waals surface area contributed by atoms with E-state index in [1.807, 2.05) is 35.2 Å². The Morgan fingerprint density at radius 1 is 1.00 bits per heavy atom. The molecule has 0 spiro atoms. The van der Waals surface area contributed by atoms with Crippen molar-refractivity contribution in [2.45, 2.75) is 50.4 Å². The first-order valence-electron chi connectivity index (χ1n) is 17.1. The molecule has 4 amide bonds. The Labute approximate surface area is 298 Å². The number of aryl methyl sites for hydroxylation is 1. The largest absolute Gasteiger partial charge is 0.379 e. The summed E-state index contributed by atoms with van der Waals surface area (Å²) in [7, 11) is 3.72. The molecule has 0 aliphatic carbocycles. The monoisotopic (exact) mass is 744 g/mol. The lowest BCUT2D eigenvalue weighted by molar-refractivity contribution is -0.136. The maximum absolute atomic E-state index is 13.5. The van der Waals surface area contributed by atoms with E-state index in [1.54, 1.807) is 18.1 Å². The molecule has 0 saturated carbocycles. The lowest BCUT2D eigenvalue weighted by Crippen LogP contribution is -2.52. The molecule has 50 heavy (non-hydrogen) atoms. The third kappa shape index (κ3) is 6.96. The van der Waals surface area contributed by atoms with Crippen LogP contribution in [-0.4, -0.2) is 111 Å². The van der Waals surface area contributed by atoms with Gasteiger partial charge in [-0.3, -0.25) is 34.2 Å². The Bertz CT molecular complexity index is 1890. The molecule has 2 N–H and O–H groups in total. The molecule has 262 valence electrons. The summed E-state index contributed by atoms with van der Waals surface area (Å²) >= 11 is 3.42. The first-order valence-corrected chi connectivity index (χ1v) is 17.9. The molecule has 3 fully saturated rings. The van der Waals surface area contributed by atoms with Crippen LogP contribution in [0, 0.1) is 0 Å². The van der Waals surface area contributed by atoms with Crippen LogP contribution < -0.4 is 16.2 Å². The highest BCUT2D eigenvalue weighted by atomic mass is 79.9. The number of carbonyl (C=O) groups excluding carboxylic acids is 4. The highest BCUT2D eigenvalue weighted by Crippen LogP contribution is 2.31. The van der Waals surface area contributed by atoms with Gasteiger partial charge in [0.15, 0.2) is 0 Å². The van der Waals surface area contributed by atoms with Gasteiger partial charge >= 0.3 is 0 Å². The van der Waals surface area contributed by atoms with Crippen molar-refractivity contribution in [2.24, 2.45) is 7.05 Å². The third-order valence-electron chi connectivity index (χ3n) is 10.4. The van der Waals surface area contributed by atoms with Crippen LogP contribution in [0.5, 0.6) is 0 Å². The van der Waals surface area contributed by atoms with Crippen molar-refractivity contribution in [3.8, 4) is 0 Å². The molecular formula is C36H41BrN8O5. The zero-order valence-corrected chi connectivity index (χ0v) is 29.8. The van der Waals surface area contributed by atoms with Crippen LogP contribution in [0.1, 0.15) is 62.6 Å². The van der Waals surface area contributed by atoms with Crippen molar-refractivity contribution in [1.82, 2.24) is 34.7 Å². The van der Waals surface area contributed by atoms with Crippen LogP contribution in [0.25, 0.3) is 0 Å². The number of rotatable bonds is 7. The number of likely N-dealkylation sites (tertiary alicyclic amines) is 1. The van der Waals surface area contributed by atoms with Gasteiger partial charge in [-0.05, 0) is 76.6 Å². The van der Waals surface area contributed by atoms with Gasteiger partial charge in [0.25, 0.3) is 17.4 Å². The van der Waals surface area contributed by atoms with Crippen molar-refractivity contribution in [2.75, 3.05) is 51.6 Å². The lowest BCUT2D eigenvalue weighted by atomic mass is 9.87. The van der Waals surface area contributed by atoms with Crippen molar-refractivity contribution in [1.29, 1.82) is 0 Å². The Hall–Kier alpha value is -4.40. The number of aromatic nitrogens is 2. The Morgan fingerprint density at radius 2 is 1.76 bits per heavy atom. The average Bonchev–Trinajstić information content (AvgIpc) is 3.43. The summed E-state index contributed by atoms with van der Waals surface area (Å²) in [5.41, 5.74) is 4.96. The second-order valence-electron chi connectivity index (χ2n) is 13.9. The normalized spacial score (nSPS) is 23.2. The molecule has 0 bridgehead atoms.